The van der Waals surface area contributed by atoms with Crippen molar-refractivity contribution in [3.8, 4) is 0 Å². The van der Waals surface area contributed by atoms with E-state index in [-0.39, 0.29) is 17.4 Å². The lowest BCUT2D eigenvalue weighted by Crippen LogP contribution is -2.33. The van der Waals surface area contributed by atoms with Gasteiger partial charge in [0.15, 0.2) is 0 Å². The van der Waals surface area contributed by atoms with Crippen LogP contribution >= 0.6 is 22.9 Å². The van der Waals surface area contributed by atoms with Crippen LogP contribution in [0.5, 0.6) is 0 Å². The highest BCUT2D eigenvalue weighted by atomic mass is 35.5. The van der Waals surface area contributed by atoms with Crippen molar-refractivity contribution >= 4 is 28.8 Å². The molecule has 1 heterocycles. The third-order valence-electron chi connectivity index (χ3n) is 4.36. The van der Waals surface area contributed by atoms with Crippen molar-refractivity contribution in [1.29, 1.82) is 0 Å². The first kappa shape index (κ1) is 15.8. The summed E-state index contributed by atoms with van der Waals surface area (Å²) in [4.78, 5) is 12.5. The minimum atomic E-state index is -0.209. The fourth-order valence-corrected chi connectivity index (χ4v) is 4.58. The van der Waals surface area contributed by atoms with Crippen LogP contribution in [0.3, 0.4) is 0 Å². The molecule has 1 fully saturated rings. The highest BCUT2D eigenvalue weighted by Gasteiger charge is 2.35. The summed E-state index contributed by atoms with van der Waals surface area (Å²) in [7, 11) is 0. The van der Waals surface area contributed by atoms with E-state index in [1.165, 1.54) is 19.3 Å². The van der Waals surface area contributed by atoms with Crippen molar-refractivity contribution in [2.24, 2.45) is 16.9 Å². The van der Waals surface area contributed by atoms with Gasteiger partial charge in [-0.25, -0.2) is 0 Å². The van der Waals surface area contributed by atoms with E-state index in [0.29, 0.717) is 6.42 Å². The summed E-state index contributed by atoms with van der Waals surface area (Å²) < 4.78 is 0.808. The molecule has 1 aliphatic rings. The number of hydrogen-bond donors (Lipinski definition) is 2. The Bertz CT molecular complexity index is 461. The van der Waals surface area contributed by atoms with E-state index in [9.17, 15) is 4.79 Å². The Balaban J connectivity index is 2.12. The molecule has 112 valence electrons. The fourth-order valence-electron chi connectivity index (χ4n) is 3.36. The van der Waals surface area contributed by atoms with Crippen molar-refractivity contribution < 1.29 is 4.79 Å². The van der Waals surface area contributed by atoms with Gasteiger partial charge in [0.2, 0.25) is 5.91 Å². The molecule has 0 aliphatic heterocycles. The van der Waals surface area contributed by atoms with Gasteiger partial charge in [-0.2, -0.15) is 0 Å². The van der Waals surface area contributed by atoms with Crippen molar-refractivity contribution in [1.82, 2.24) is 0 Å². The predicted molar refractivity (Wildman–Crippen MR) is 84.9 cm³/mol. The number of thiophene rings is 1. The van der Waals surface area contributed by atoms with Gasteiger partial charge >= 0.3 is 0 Å². The van der Waals surface area contributed by atoms with E-state index in [0.717, 1.165) is 34.0 Å². The van der Waals surface area contributed by atoms with Gasteiger partial charge in [-0.1, -0.05) is 30.9 Å². The molecule has 20 heavy (non-hydrogen) atoms. The zero-order valence-electron chi connectivity index (χ0n) is 12.0. The van der Waals surface area contributed by atoms with Crippen LogP contribution < -0.4 is 11.5 Å². The van der Waals surface area contributed by atoms with Gasteiger partial charge in [-0.3, -0.25) is 4.79 Å². The molecule has 0 aromatic carbocycles. The van der Waals surface area contributed by atoms with Gasteiger partial charge < -0.3 is 11.5 Å². The van der Waals surface area contributed by atoms with Crippen LogP contribution in [0.4, 0.5) is 0 Å². The second kappa shape index (κ2) is 6.46. The van der Waals surface area contributed by atoms with Gasteiger partial charge in [-0.15, -0.1) is 11.3 Å². The lowest BCUT2D eigenvalue weighted by molar-refractivity contribution is -0.121. The number of carbonyl (C=O) groups excluding carboxylic acids is 1. The highest BCUT2D eigenvalue weighted by Crippen LogP contribution is 2.46. The van der Waals surface area contributed by atoms with Gasteiger partial charge in [0, 0.05) is 17.3 Å². The van der Waals surface area contributed by atoms with Crippen molar-refractivity contribution in [3.63, 3.8) is 0 Å². The summed E-state index contributed by atoms with van der Waals surface area (Å²) in [5.74, 6) is -0.209. The zero-order valence-corrected chi connectivity index (χ0v) is 13.5. The Kier molecular flexibility index (Phi) is 5.10. The number of hydrogen-bond acceptors (Lipinski definition) is 3. The Morgan fingerprint density at radius 3 is 2.60 bits per heavy atom. The molecule has 1 aliphatic carbocycles. The number of aryl methyl sites for hydroxylation is 1. The second-order valence-corrected chi connectivity index (χ2v) is 7.81. The van der Waals surface area contributed by atoms with E-state index in [1.54, 1.807) is 11.3 Å². The van der Waals surface area contributed by atoms with E-state index < -0.39 is 0 Å². The molecule has 0 saturated heterocycles. The van der Waals surface area contributed by atoms with Gasteiger partial charge in [-0.05, 0) is 43.2 Å². The normalized spacial score (nSPS) is 19.8. The molecular weight excluding hydrogens is 292 g/mol. The first-order chi connectivity index (χ1) is 9.42. The average molecular weight is 315 g/mol. The predicted octanol–water partition coefficient (Wildman–Crippen LogP) is 3.93. The van der Waals surface area contributed by atoms with E-state index in [4.69, 9.17) is 23.1 Å². The summed E-state index contributed by atoms with van der Waals surface area (Å²) in [6.07, 6.45) is 6.99. The molecule has 1 saturated carbocycles. The standard InChI is InChI=1S/C15H23ClN2OS/c1-10-7-12(20-14(10)16)11(17)8-15(9-13(18)19)5-3-2-4-6-15/h7,11H,2-6,8-9,17H2,1H3,(H2,18,19). The first-order valence-corrected chi connectivity index (χ1v) is 8.41. The fraction of sp³-hybridized carbons (Fsp3) is 0.667. The van der Waals surface area contributed by atoms with E-state index >= 15 is 0 Å². The Hall–Kier alpha value is -0.580. The maximum Gasteiger partial charge on any atom is 0.217 e. The molecular formula is C15H23ClN2OS. The molecule has 3 nitrogen and oxygen atoms in total. The number of primary amides is 1. The summed E-state index contributed by atoms with van der Waals surface area (Å²) >= 11 is 7.68. The van der Waals surface area contributed by atoms with Crippen LogP contribution in [-0.4, -0.2) is 5.91 Å². The Morgan fingerprint density at radius 2 is 2.10 bits per heavy atom. The average Bonchev–Trinajstić information content (AvgIpc) is 2.69. The number of amides is 1. The van der Waals surface area contributed by atoms with Crippen LogP contribution in [-0.2, 0) is 4.79 Å². The quantitative estimate of drug-likeness (QED) is 0.864. The molecule has 0 radical (unpaired) electrons. The maximum atomic E-state index is 11.4. The van der Waals surface area contributed by atoms with Gasteiger partial charge in [0.05, 0.1) is 4.34 Å². The molecule has 1 aromatic rings. The Morgan fingerprint density at radius 1 is 1.45 bits per heavy atom. The molecule has 1 amide bonds. The van der Waals surface area contributed by atoms with Gasteiger partial charge in [0.1, 0.15) is 0 Å². The molecule has 0 spiro atoms. The largest absolute Gasteiger partial charge is 0.370 e. The van der Waals surface area contributed by atoms with Crippen molar-refractivity contribution in [2.75, 3.05) is 0 Å². The molecule has 2 rings (SSSR count). The topological polar surface area (TPSA) is 69.1 Å². The minimum Gasteiger partial charge on any atom is -0.370 e. The number of carbonyl (C=O) groups is 1. The maximum absolute atomic E-state index is 11.4. The van der Waals surface area contributed by atoms with Crippen LogP contribution in [0, 0.1) is 12.3 Å². The molecule has 5 heteroatoms. The lowest BCUT2D eigenvalue weighted by Gasteiger charge is -2.38. The van der Waals surface area contributed by atoms with E-state index in [2.05, 4.69) is 6.07 Å². The zero-order chi connectivity index (χ0) is 14.8. The van der Waals surface area contributed by atoms with Crippen LogP contribution in [0.25, 0.3) is 0 Å². The smallest absolute Gasteiger partial charge is 0.217 e. The second-order valence-electron chi connectivity index (χ2n) is 6.12. The van der Waals surface area contributed by atoms with E-state index in [1.807, 2.05) is 6.92 Å². The van der Waals surface area contributed by atoms with Crippen LogP contribution in [0.1, 0.15) is 61.4 Å². The lowest BCUT2D eigenvalue weighted by atomic mass is 9.68. The Labute approximate surface area is 129 Å². The number of rotatable bonds is 5. The third-order valence-corrected chi connectivity index (χ3v) is 6.05. The van der Waals surface area contributed by atoms with Crippen molar-refractivity contribution in [2.45, 2.75) is 57.9 Å². The third kappa shape index (κ3) is 3.74. The van der Waals surface area contributed by atoms with Crippen LogP contribution in [0.15, 0.2) is 6.07 Å². The van der Waals surface area contributed by atoms with Crippen LogP contribution in [0.2, 0.25) is 4.34 Å². The molecule has 4 N–H and O–H groups in total. The van der Waals surface area contributed by atoms with Gasteiger partial charge in [0.25, 0.3) is 0 Å². The number of nitrogens with two attached hydrogens (primary N) is 2. The first-order valence-electron chi connectivity index (χ1n) is 7.22. The molecule has 0 bridgehead atoms. The molecule has 1 atom stereocenters. The SMILES string of the molecule is Cc1cc(C(N)CC2(CC(N)=O)CCCCC2)sc1Cl. The molecule has 1 aromatic heterocycles. The molecule has 1 unspecified atom stereocenters. The number of halogens is 1. The highest BCUT2D eigenvalue weighted by molar-refractivity contribution is 7.16. The summed E-state index contributed by atoms with van der Waals surface area (Å²) in [6.45, 7) is 1.99. The monoisotopic (exact) mass is 314 g/mol. The summed E-state index contributed by atoms with van der Waals surface area (Å²) in [5.41, 5.74) is 12.9. The summed E-state index contributed by atoms with van der Waals surface area (Å²) in [6, 6.07) is 2.02. The van der Waals surface area contributed by atoms with Crippen molar-refractivity contribution in [3.05, 3.63) is 20.8 Å². The minimum absolute atomic E-state index is 0.00608. The summed E-state index contributed by atoms with van der Waals surface area (Å²) in [5, 5.41) is 0.